The molecule has 1 N–H and O–H groups in total. The zero-order chi connectivity index (χ0) is 21.2. The fourth-order valence-electron chi connectivity index (χ4n) is 4.18. The van der Waals surface area contributed by atoms with Gasteiger partial charge in [-0.25, -0.2) is 0 Å². The van der Waals surface area contributed by atoms with E-state index < -0.39 is 0 Å². The molecule has 1 saturated carbocycles. The number of rotatable bonds is 6. The molecule has 2 aromatic rings. The largest absolute Gasteiger partial charge is 0.352 e. The molecule has 0 radical (unpaired) electrons. The Kier molecular flexibility index (Phi) is 7.10. The van der Waals surface area contributed by atoms with Crippen molar-refractivity contribution >= 4 is 29.0 Å². The van der Waals surface area contributed by atoms with Crippen molar-refractivity contribution in [3.8, 4) is 11.4 Å². The van der Waals surface area contributed by atoms with Crippen LogP contribution >= 0.6 is 23.1 Å². The summed E-state index contributed by atoms with van der Waals surface area (Å²) in [6.07, 6.45) is 4.76. The molecule has 0 aliphatic heterocycles. The Bertz CT molecular complexity index is 834. The third kappa shape index (κ3) is 5.43. The van der Waals surface area contributed by atoms with Crippen LogP contribution in [-0.4, -0.2) is 32.5 Å². The lowest BCUT2D eigenvalue weighted by atomic mass is 9.69. The van der Waals surface area contributed by atoms with E-state index in [9.17, 15) is 4.79 Å². The van der Waals surface area contributed by atoms with Crippen molar-refractivity contribution in [3.05, 3.63) is 16.3 Å². The first-order valence-corrected chi connectivity index (χ1v) is 12.4. The van der Waals surface area contributed by atoms with Gasteiger partial charge in [-0.3, -0.25) is 4.79 Å². The van der Waals surface area contributed by atoms with Gasteiger partial charge in [-0.15, -0.1) is 21.5 Å². The predicted octanol–water partition coefficient (Wildman–Crippen LogP) is 5.48. The van der Waals surface area contributed by atoms with Crippen LogP contribution in [0, 0.1) is 11.3 Å². The van der Waals surface area contributed by atoms with E-state index in [2.05, 4.69) is 61.6 Å². The maximum absolute atomic E-state index is 12.6. The molecule has 0 aromatic carbocycles. The number of hydrogen-bond acceptors (Lipinski definition) is 5. The number of carbonyl (C=O) groups excluding carboxylic acids is 1. The molecule has 1 aliphatic rings. The summed E-state index contributed by atoms with van der Waals surface area (Å²) in [7, 11) is 1.97. The van der Waals surface area contributed by atoms with Crippen molar-refractivity contribution in [3.63, 3.8) is 0 Å². The van der Waals surface area contributed by atoms with Gasteiger partial charge in [0.05, 0.1) is 5.75 Å². The molecule has 29 heavy (non-hydrogen) atoms. The van der Waals surface area contributed by atoms with Gasteiger partial charge in [-0.05, 0) is 36.2 Å². The molecule has 3 rings (SSSR count). The second-order valence-corrected chi connectivity index (χ2v) is 11.4. The summed E-state index contributed by atoms with van der Waals surface area (Å²) in [6.45, 7) is 11.2. The van der Waals surface area contributed by atoms with Gasteiger partial charge in [0.15, 0.2) is 11.0 Å². The van der Waals surface area contributed by atoms with Crippen molar-refractivity contribution in [2.45, 2.75) is 77.4 Å². The van der Waals surface area contributed by atoms with Gasteiger partial charge in [-0.2, -0.15) is 0 Å². The van der Waals surface area contributed by atoms with Crippen LogP contribution in [0.3, 0.4) is 0 Å². The van der Waals surface area contributed by atoms with E-state index in [1.54, 1.807) is 11.3 Å². The van der Waals surface area contributed by atoms with Gasteiger partial charge in [0.25, 0.3) is 0 Å². The molecular weight excluding hydrogens is 400 g/mol. The molecule has 160 valence electrons. The molecule has 7 heteroatoms. The zero-order valence-electron chi connectivity index (χ0n) is 18.5. The van der Waals surface area contributed by atoms with E-state index in [0.29, 0.717) is 17.6 Å². The lowest BCUT2D eigenvalue weighted by Gasteiger charge is -2.40. The first kappa shape index (κ1) is 22.3. The third-order valence-corrected chi connectivity index (χ3v) is 8.09. The molecule has 1 aliphatic carbocycles. The standard InChI is InChI=1S/C22H34N4OS2/c1-14(2)18-11-15(12-28-18)20-24-25-21(26(20)6)29-13-19(27)23-17-10-8-7-9-16(17)22(3,4)5/h11-12,14,16-17H,7-10,13H2,1-6H3,(H,23,27)/t16-,17-/m0/s1. The first-order valence-electron chi connectivity index (χ1n) is 10.6. The Labute approximate surface area is 183 Å². The Balaban J connectivity index is 1.60. The second-order valence-electron chi connectivity index (χ2n) is 9.48. The predicted molar refractivity (Wildman–Crippen MR) is 122 cm³/mol. The van der Waals surface area contributed by atoms with Gasteiger partial charge in [0.1, 0.15) is 0 Å². The Morgan fingerprint density at radius 2 is 2.03 bits per heavy atom. The van der Waals surface area contributed by atoms with E-state index in [-0.39, 0.29) is 17.4 Å². The highest BCUT2D eigenvalue weighted by Gasteiger charge is 2.34. The van der Waals surface area contributed by atoms with Crippen molar-refractivity contribution in [2.24, 2.45) is 18.4 Å². The summed E-state index contributed by atoms with van der Waals surface area (Å²) >= 11 is 3.22. The van der Waals surface area contributed by atoms with Crippen LogP contribution < -0.4 is 5.32 Å². The highest BCUT2D eigenvalue weighted by atomic mass is 32.2. The molecule has 0 spiro atoms. The third-order valence-electron chi connectivity index (χ3n) is 5.84. The van der Waals surface area contributed by atoms with Crippen molar-refractivity contribution in [1.82, 2.24) is 20.1 Å². The van der Waals surface area contributed by atoms with Crippen molar-refractivity contribution < 1.29 is 4.79 Å². The number of aromatic nitrogens is 3. The van der Waals surface area contributed by atoms with Gasteiger partial charge in [0, 0.05) is 28.9 Å². The van der Waals surface area contributed by atoms with Gasteiger partial charge in [0.2, 0.25) is 5.91 Å². The molecule has 0 unspecified atom stereocenters. The maximum atomic E-state index is 12.6. The Hall–Kier alpha value is -1.34. The topological polar surface area (TPSA) is 59.8 Å². The van der Waals surface area contributed by atoms with E-state index in [0.717, 1.165) is 23.0 Å². The minimum atomic E-state index is 0.0957. The first-order chi connectivity index (χ1) is 13.7. The lowest BCUT2D eigenvalue weighted by molar-refractivity contribution is -0.120. The van der Waals surface area contributed by atoms with Crippen LogP contribution in [0.2, 0.25) is 0 Å². The number of nitrogens with one attached hydrogen (secondary N) is 1. The maximum Gasteiger partial charge on any atom is 0.230 e. The van der Waals surface area contributed by atoms with Gasteiger partial charge >= 0.3 is 0 Å². The molecule has 5 nitrogen and oxygen atoms in total. The molecule has 2 heterocycles. The van der Waals surface area contributed by atoms with Crippen LogP contribution in [0.5, 0.6) is 0 Å². The number of nitrogens with zero attached hydrogens (tertiary/aromatic N) is 3. The average Bonchev–Trinajstić information content (AvgIpc) is 3.26. The van der Waals surface area contributed by atoms with Crippen LogP contribution in [0.15, 0.2) is 16.6 Å². The van der Waals surface area contributed by atoms with Crippen LogP contribution in [0.25, 0.3) is 11.4 Å². The molecule has 0 bridgehead atoms. The molecule has 1 amide bonds. The molecule has 1 fully saturated rings. The minimum Gasteiger partial charge on any atom is -0.352 e. The minimum absolute atomic E-state index is 0.0957. The summed E-state index contributed by atoms with van der Waals surface area (Å²) in [6, 6.07) is 2.48. The summed E-state index contributed by atoms with van der Waals surface area (Å²) in [5.41, 5.74) is 1.32. The van der Waals surface area contributed by atoms with Crippen molar-refractivity contribution in [2.75, 3.05) is 5.75 Å². The SMILES string of the molecule is CC(C)c1cc(-c2nnc(SCC(=O)N[C@H]3CCCC[C@@H]3C(C)(C)C)n2C)cs1. The van der Waals surface area contributed by atoms with E-state index in [4.69, 9.17) is 0 Å². The second kappa shape index (κ2) is 9.21. The van der Waals surface area contributed by atoms with Crippen LogP contribution in [0.1, 0.15) is 71.1 Å². The fourth-order valence-corrected chi connectivity index (χ4v) is 5.81. The summed E-state index contributed by atoms with van der Waals surface area (Å²) in [4.78, 5) is 14.0. The van der Waals surface area contributed by atoms with Crippen molar-refractivity contribution in [1.29, 1.82) is 0 Å². The zero-order valence-corrected chi connectivity index (χ0v) is 20.1. The normalized spacial score (nSPS) is 20.2. The highest BCUT2D eigenvalue weighted by Crippen LogP contribution is 2.38. The number of thioether (sulfide) groups is 1. The smallest absolute Gasteiger partial charge is 0.230 e. The summed E-state index contributed by atoms with van der Waals surface area (Å²) in [5, 5.41) is 14.9. The monoisotopic (exact) mass is 434 g/mol. The fraction of sp³-hybridized carbons (Fsp3) is 0.682. The molecule has 2 atom stereocenters. The Morgan fingerprint density at radius 3 is 2.69 bits per heavy atom. The van der Waals surface area contributed by atoms with E-state index >= 15 is 0 Å². The number of thiophene rings is 1. The van der Waals surface area contributed by atoms with Crippen LogP contribution in [-0.2, 0) is 11.8 Å². The summed E-state index contributed by atoms with van der Waals surface area (Å²) < 4.78 is 1.99. The molecule has 2 aromatic heterocycles. The molecule has 0 saturated heterocycles. The molecular formula is C22H34N4OS2. The number of hydrogen-bond donors (Lipinski definition) is 1. The average molecular weight is 435 g/mol. The lowest BCUT2D eigenvalue weighted by Crippen LogP contribution is -2.47. The quantitative estimate of drug-likeness (QED) is 0.612. The number of carbonyl (C=O) groups is 1. The Morgan fingerprint density at radius 1 is 1.31 bits per heavy atom. The highest BCUT2D eigenvalue weighted by molar-refractivity contribution is 7.99. The van der Waals surface area contributed by atoms with Crippen LogP contribution in [0.4, 0.5) is 0 Å². The van der Waals surface area contributed by atoms with Gasteiger partial charge in [-0.1, -0.05) is 59.2 Å². The van der Waals surface area contributed by atoms with E-state index in [1.807, 2.05) is 11.6 Å². The van der Waals surface area contributed by atoms with E-state index in [1.165, 1.54) is 35.9 Å². The number of amides is 1. The summed E-state index contributed by atoms with van der Waals surface area (Å²) in [5.74, 6) is 2.38. The van der Waals surface area contributed by atoms with Gasteiger partial charge < -0.3 is 9.88 Å².